The second kappa shape index (κ2) is 7.90. The molecule has 1 heterocycles. The molecule has 1 N–H and O–H groups in total. The van der Waals surface area contributed by atoms with Crippen LogP contribution in [-0.4, -0.2) is 52.5 Å². The fourth-order valence-corrected chi connectivity index (χ4v) is 4.23. The van der Waals surface area contributed by atoms with Crippen molar-refractivity contribution in [2.75, 3.05) is 32.5 Å². The Morgan fingerprint density at radius 1 is 1.07 bits per heavy atom. The molecule has 2 aliphatic rings. The first-order valence-corrected chi connectivity index (χ1v) is 10.1. The number of fused-ring (bicyclic) bond motifs is 1. The van der Waals surface area contributed by atoms with Crippen LogP contribution in [0.1, 0.15) is 24.0 Å². The van der Waals surface area contributed by atoms with Crippen molar-refractivity contribution in [1.82, 2.24) is 0 Å². The molecule has 0 unspecified atom stereocenters. The van der Waals surface area contributed by atoms with Gasteiger partial charge in [0.2, 0.25) is 0 Å². The summed E-state index contributed by atoms with van der Waals surface area (Å²) in [5.41, 5.74) is 1.52. The molecule has 0 amide bonds. The van der Waals surface area contributed by atoms with Crippen molar-refractivity contribution in [3.63, 3.8) is 0 Å². The average molecular weight is 411 g/mol. The molecule has 0 bridgehead atoms. The number of carbonyl (C=O) groups excluding carboxylic acids is 2. The third-order valence-corrected chi connectivity index (χ3v) is 5.71. The van der Waals surface area contributed by atoms with Crippen LogP contribution in [0.5, 0.6) is 0 Å². The van der Waals surface area contributed by atoms with Crippen molar-refractivity contribution in [2.45, 2.75) is 30.6 Å². The van der Waals surface area contributed by atoms with Gasteiger partial charge in [-0.1, -0.05) is 0 Å². The topological polar surface area (TPSA) is 119 Å². The number of ether oxygens (including phenoxy) is 3. The third kappa shape index (κ3) is 3.75. The quantitative estimate of drug-likeness (QED) is 0.576. The van der Waals surface area contributed by atoms with Crippen LogP contribution in [0.2, 0.25) is 0 Å². The molecule has 1 aliphatic carbocycles. The van der Waals surface area contributed by atoms with Crippen molar-refractivity contribution in [3.05, 3.63) is 34.5 Å². The minimum Gasteiger partial charge on any atom is -0.466 e. The van der Waals surface area contributed by atoms with Gasteiger partial charge in [0, 0.05) is 0 Å². The molecule has 0 saturated carbocycles. The van der Waals surface area contributed by atoms with E-state index < -0.39 is 22.1 Å². The fourth-order valence-electron chi connectivity index (χ4n) is 3.50. The van der Waals surface area contributed by atoms with Gasteiger partial charge in [0.15, 0.2) is 0 Å². The van der Waals surface area contributed by atoms with Crippen molar-refractivity contribution in [1.29, 1.82) is 0 Å². The molecule has 0 spiro atoms. The molecule has 1 aromatic rings. The summed E-state index contributed by atoms with van der Waals surface area (Å²) in [6.07, 6.45) is 3.30. The second-order valence-corrected chi connectivity index (χ2v) is 7.88. The number of hydrogen-bond donors (Lipinski definition) is 1. The number of nitrogens with zero attached hydrogens (tertiary/aromatic N) is 1. The summed E-state index contributed by atoms with van der Waals surface area (Å²) < 4.78 is 48.8. The first kappa shape index (κ1) is 20.3. The lowest BCUT2D eigenvalue weighted by Gasteiger charge is -2.33. The summed E-state index contributed by atoms with van der Waals surface area (Å²) in [7, 11) is -2.30. The smallest absolute Gasteiger partial charge is 0.355 e. The van der Waals surface area contributed by atoms with E-state index in [1.54, 1.807) is 6.07 Å². The molecule has 0 fully saturated rings. The van der Waals surface area contributed by atoms with Gasteiger partial charge in [0.1, 0.15) is 17.3 Å². The van der Waals surface area contributed by atoms with Gasteiger partial charge >= 0.3 is 11.9 Å². The van der Waals surface area contributed by atoms with Crippen LogP contribution in [0.15, 0.2) is 28.3 Å². The number of aryl methyl sites for hydroxylation is 2. The van der Waals surface area contributed by atoms with E-state index in [9.17, 15) is 22.6 Å². The highest BCUT2D eigenvalue weighted by molar-refractivity contribution is 7.86. The maximum absolute atomic E-state index is 12.4. The summed E-state index contributed by atoms with van der Waals surface area (Å²) in [5, 5.41) is 0. The Morgan fingerprint density at radius 3 is 2.25 bits per heavy atom. The largest absolute Gasteiger partial charge is 0.466 e. The highest BCUT2D eigenvalue weighted by atomic mass is 32.2. The zero-order chi connectivity index (χ0) is 20.5. The monoisotopic (exact) mass is 411 g/mol. The maximum atomic E-state index is 12.4. The van der Waals surface area contributed by atoms with E-state index in [1.807, 2.05) is 0 Å². The fraction of sp³-hybridized carbons (Fsp3) is 0.444. The predicted octanol–water partition coefficient (Wildman–Crippen LogP) is 1.21. The van der Waals surface area contributed by atoms with Crippen molar-refractivity contribution in [3.8, 4) is 0 Å². The lowest BCUT2D eigenvalue weighted by molar-refractivity contribution is -0.140. The molecule has 0 saturated heterocycles. The Labute approximate surface area is 162 Å². The van der Waals surface area contributed by atoms with E-state index in [1.165, 1.54) is 11.0 Å². The molecule has 0 aromatic heterocycles. The van der Waals surface area contributed by atoms with E-state index in [0.717, 1.165) is 44.6 Å². The molecule has 9 nitrogen and oxygen atoms in total. The number of hydrogen-bond acceptors (Lipinski definition) is 8. The highest BCUT2D eigenvalue weighted by Crippen LogP contribution is 2.36. The van der Waals surface area contributed by atoms with Crippen LogP contribution in [0.4, 0.5) is 5.69 Å². The number of esters is 2. The predicted molar refractivity (Wildman–Crippen MR) is 97.3 cm³/mol. The highest BCUT2D eigenvalue weighted by Gasteiger charge is 2.35. The normalized spacial score (nSPS) is 17.2. The van der Waals surface area contributed by atoms with Crippen LogP contribution < -0.4 is 4.90 Å². The van der Waals surface area contributed by atoms with Crippen molar-refractivity contribution >= 4 is 27.7 Å². The van der Waals surface area contributed by atoms with E-state index in [-0.39, 0.29) is 35.2 Å². The van der Waals surface area contributed by atoms with Gasteiger partial charge in [0.25, 0.3) is 10.1 Å². The molecule has 152 valence electrons. The van der Waals surface area contributed by atoms with E-state index in [0.29, 0.717) is 6.42 Å². The van der Waals surface area contributed by atoms with Crippen molar-refractivity contribution in [2.24, 2.45) is 0 Å². The van der Waals surface area contributed by atoms with Crippen LogP contribution >= 0.6 is 0 Å². The Kier molecular flexibility index (Phi) is 5.73. The van der Waals surface area contributed by atoms with E-state index in [4.69, 9.17) is 14.2 Å². The zero-order valence-electron chi connectivity index (χ0n) is 15.6. The number of benzene rings is 1. The van der Waals surface area contributed by atoms with Crippen LogP contribution in [0, 0.1) is 0 Å². The van der Waals surface area contributed by atoms with E-state index in [2.05, 4.69) is 0 Å². The molecule has 0 radical (unpaired) electrons. The Morgan fingerprint density at radius 2 is 1.68 bits per heavy atom. The number of carbonyl (C=O) groups is 2. The van der Waals surface area contributed by atoms with Gasteiger partial charge in [-0.2, -0.15) is 8.42 Å². The molecule has 3 rings (SSSR count). The summed E-state index contributed by atoms with van der Waals surface area (Å²) in [6, 6.07) is 3.03. The molecule has 28 heavy (non-hydrogen) atoms. The molecule has 10 heteroatoms. The lowest BCUT2D eigenvalue weighted by Crippen LogP contribution is -2.39. The Balaban J connectivity index is 2.25. The number of rotatable bonds is 4. The summed E-state index contributed by atoms with van der Waals surface area (Å²) in [4.78, 5) is 25.4. The number of anilines is 1. The lowest BCUT2D eigenvalue weighted by atomic mass is 9.91. The molecule has 0 atom stereocenters. The molecule has 1 aliphatic heterocycles. The van der Waals surface area contributed by atoms with E-state index >= 15 is 0 Å². The van der Waals surface area contributed by atoms with Gasteiger partial charge < -0.3 is 19.1 Å². The van der Waals surface area contributed by atoms with Crippen molar-refractivity contribution < 1.29 is 36.8 Å². The Bertz CT molecular complexity index is 951. The minimum absolute atomic E-state index is 0.0460. The van der Waals surface area contributed by atoms with Crippen LogP contribution in [0.25, 0.3) is 0 Å². The second-order valence-electron chi connectivity index (χ2n) is 6.49. The first-order valence-electron chi connectivity index (χ1n) is 8.66. The standard InChI is InChI=1S/C18H21NO8S/c1-25-17(20)13-9-27-10-19(16(13)18(21)26-2)14-7-11-5-3-4-6-12(11)8-15(14)28(22,23)24/h7-8H,3-6,9-10H2,1-2H3,(H,22,23,24). The number of methoxy groups -OCH3 is 2. The van der Waals surface area contributed by atoms with Gasteiger partial charge in [-0.05, 0) is 48.9 Å². The molecule has 1 aromatic carbocycles. The maximum Gasteiger partial charge on any atom is 0.355 e. The summed E-state index contributed by atoms with van der Waals surface area (Å²) in [6.45, 7) is -0.397. The summed E-state index contributed by atoms with van der Waals surface area (Å²) in [5.74, 6) is -1.64. The summed E-state index contributed by atoms with van der Waals surface area (Å²) >= 11 is 0. The third-order valence-electron chi connectivity index (χ3n) is 4.83. The van der Waals surface area contributed by atoms with Crippen LogP contribution in [-0.2, 0) is 46.8 Å². The first-order chi connectivity index (χ1) is 13.3. The average Bonchev–Trinajstić information content (AvgIpc) is 2.70. The molecular weight excluding hydrogens is 390 g/mol. The molecular formula is C18H21NO8S. The van der Waals surface area contributed by atoms with Crippen LogP contribution in [0.3, 0.4) is 0 Å². The SMILES string of the molecule is COC(=O)C1=C(C(=O)OC)N(c2cc3c(cc2S(=O)(=O)O)CCCC3)COC1. The van der Waals surface area contributed by atoms with Gasteiger partial charge in [-0.25, -0.2) is 9.59 Å². The van der Waals surface area contributed by atoms with Gasteiger partial charge in [0.05, 0.1) is 32.1 Å². The Hall–Kier alpha value is -2.43. The van der Waals surface area contributed by atoms with Gasteiger partial charge in [-0.15, -0.1) is 0 Å². The zero-order valence-corrected chi connectivity index (χ0v) is 16.4. The van der Waals surface area contributed by atoms with Gasteiger partial charge in [-0.3, -0.25) is 4.55 Å². The minimum atomic E-state index is -4.60.